The lowest BCUT2D eigenvalue weighted by Crippen LogP contribution is -2.38. The number of thioether (sulfide) groups is 1. The second kappa shape index (κ2) is 9.69. The maximum Gasteiger partial charge on any atom is 0.406 e. The smallest absolute Gasteiger partial charge is 0.378 e. The molecule has 1 fully saturated rings. The van der Waals surface area contributed by atoms with Gasteiger partial charge in [-0.2, -0.15) is 13.2 Å². The van der Waals surface area contributed by atoms with Crippen LogP contribution >= 0.6 is 11.8 Å². The van der Waals surface area contributed by atoms with Crippen molar-refractivity contribution < 1.29 is 22.7 Å². The third-order valence-corrected chi connectivity index (χ3v) is 5.65. The van der Waals surface area contributed by atoms with Gasteiger partial charge in [0.2, 0.25) is 11.9 Å². The van der Waals surface area contributed by atoms with Crippen molar-refractivity contribution in [3.8, 4) is 0 Å². The van der Waals surface area contributed by atoms with E-state index in [1.807, 2.05) is 31.2 Å². The van der Waals surface area contributed by atoms with Gasteiger partial charge in [-0.1, -0.05) is 41.6 Å². The molecule has 7 nitrogen and oxygen atoms in total. The zero-order valence-corrected chi connectivity index (χ0v) is 17.6. The average molecular weight is 443 g/mol. The van der Waals surface area contributed by atoms with Gasteiger partial charge in [0.15, 0.2) is 5.16 Å². The predicted molar refractivity (Wildman–Crippen MR) is 107 cm³/mol. The topological polar surface area (TPSA) is 72.3 Å². The zero-order valence-electron chi connectivity index (χ0n) is 16.8. The van der Waals surface area contributed by atoms with Gasteiger partial charge in [0, 0.05) is 19.6 Å². The Labute approximate surface area is 177 Å². The number of aryl methyl sites for hydroxylation is 1. The van der Waals surface area contributed by atoms with Gasteiger partial charge in [0.05, 0.1) is 18.5 Å². The molecule has 1 aliphatic heterocycles. The molecule has 1 N–H and O–H groups in total. The molecule has 0 aliphatic carbocycles. The van der Waals surface area contributed by atoms with Gasteiger partial charge in [-0.15, -0.1) is 10.2 Å². The van der Waals surface area contributed by atoms with Gasteiger partial charge in [-0.25, -0.2) is 0 Å². The highest BCUT2D eigenvalue weighted by molar-refractivity contribution is 8.00. The molecule has 0 bridgehead atoms. The molecule has 1 amide bonds. The molecule has 1 aromatic heterocycles. The van der Waals surface area contributed by atoms with Crippen LogP contribution in [0.3, 0.4) is 0 Å². The number of carbonyl (C=O) groups excluding carboxylic acids is 1. The maximum atomic E-state index is 13.2. The summed E-state index contributed by atoms with van der Waals surface area (Å²) < 4.78 is 45.8. The fourth-order valence-corrected chi connectivity index (χ4v) is 3.80. The molecule has 3 rings (SSSR count). The first-order valence-corrected chi connectivity index (χ1v) is 10.4. The van der Waals surface area contributed by atoms with E-state index in [9.17, 15) is 18.0 Å². The van der Waals surface area contributed by atoms with Crippen LogP contribution < -0.4 is 10.2 Å². The Morgan fingerprint density at radius 3 is 2.53 bits per heavy atom. The minimum atomic E-state index is -4.43. The number of halogens is 3. The number of anilines is 1. The van der Waals surface area contributed by atoms with Crippen molar-refractivity contribution in [2.24, 2.45) is 0 Å². The van der Waals surface area contributed by atoms with Gasteiger partial charge in [-0.3, -0.25) is 9.36 Å². The molecule has 1 saturated heterocycles. The lowest BCUT2D eigenvalue weighted by Gasteiger charge is -2.28. The molecule has 164 valence electrons. The number of nitrogens with one attached hydrogen (secondary N) is 1. The third kappa shape index (κ3) is 6.11. The van der Waals surface area contributed by atoms with Crippen LogP contribution in [0.15, 0.2) is 29.4 Å². The Kier molecular flexibility index (Phi) is 7.24. The number of amides is 1. The maximum absolute atomic E-state index is 13.2. The standard InChI is InChI=1S/C19H24F3N5O2S/c1-13-3-5-15(6-4-13)11-23-16(28)14(2)30-18-25-24-17(26-7-9-29-10-8-26)27(18)12-19(20,21)22/h3-6,14H,7-12H2,1-2H3,(H,23,28). The molecule has 1 atom stereocenters. The number of carbonyl (C=O) groups is 1. The largest absolute Gasteiger partial charge is 0.406 e. The summed E-state index contributed by atoms with van der Waals surface area (Å²) in [7, 11) is 0. The number of ether oxygens (including phenoxy) is 1. The van der Waals surface area contributed by atoms with E-state index >= 15 is 0 Å². The number of rotatable bonds is 7. The summed E-state index contributed by atoms with van der Waals surface area (Å²) in [6, 6.07) is 7.74. The van der Waals surface area contributed by atoms with E-state index in [2.05, 4.69) is 15.5 Å². The molecule has 0 radical (unpaired) electrons. The number of aromatic nitrogens is 3. The summed E-state index contributed by atoms with van der Waals surface area (Å²) in [5, 5.41) is 10.1. The van der Waals surface area contributed by atoms with Crippen molar-refractivity contribution in [2.75, 3.05) is 31.2 Å². The van der Waals surface area contributed by atoms with Crippen LogP contribution in [0, 0.1) is 6.92 Å². The molecular formula is C19H24F3N5O2S. The van der Waals surface area contributed by atoms with Crippen LogP contribution in [0.1, 0.15) is 18.1 Å². The highest BCUT2D eigenvalue weighted by Crippen LogP contribution is 2.30. The molecule has 30 heavy (non-hydrogen) atoms. The van der Waals surface area contributed by atoms with Crippen molar-refractivity contribution >= 4 is 23.6 Å². The van der Waals surface area contributed by atoms with E-state index in [1.165, 1.54) is 0 Å². The highest BCUT2D eigenvalue weighted by Gasteiger charge is 2.33. The normalized spacial score (nSPS) is 15.8. The minimum absolute atomic E-state index is 0.0619. The molecule has 2 aromatic rings. The number of hydrogen-bond donors (Lipinski definition) is 1. The number of nitrogens with zero attached hydrogens (tertiary/aromatic N) is 4. The molecule has 2 heterocycles. The fourth-order valence-electron chi connectivity index (χ4n) is 2.93. The highest BCUT2D eigenvalue weighted by atomic mass is 32.2. The summed E-state index contributed by atoms with van der Waals surface area (Å²) in [6.07, 6.45) is -4.43. The second-order valence-electron chi connectivity index (χ2n) is 7.05. The number of benzene rings is 1. The van der Waals surface area contributed by atoms with Crippen LogP contribution in [0.5, 0.6) is 0 Å². The van der Waals surface area contributed by atoms with Gasteiger partial charge in [0.25, 0.3) is 0 Å². The van der Waals surface area contributed by atoms with Crippen molar-refractivity contribution in [3.05, 3.63) is 35.4 Å². The lowest BCUT2D eigenvalue weighted by molar-refractivity contribution is -0.141. The summed E-state index contributed by atoms with van der Waals surface area (Å²) in [4.78, 5) is 14.2. The van der Waals surface area contributed by atoms with Gasteiger partial charge in [0.1, 0.15) is 6.54 Å². The Morgan fingerprint density at radius 2 is 1.90 bits per heavy atom. The van der Waals surface area contributed by atoms with Crippen molar-refractivity contribution in [3.63, 3.8) is 0 Å². The monoisotopic (exact) mass is 443 g/mol. The molecule has 0 saturated carbocycles. The Hall–Kier alpha value is -2.27. The first-order valence-electron chi connectivity index (χ1n) is 9.55. The van der Waals surface area contributed by atoms with Crippen LogP contribution in [0.25, 0.3) is 0 Å². The van der Waals surface area contributed by atoms with Crippen molar-refractivity contribution in [1.29, 1.82) is 0 Å². The summed E-state index contributed by atoms with van der Waals surface area (Å²) in [6.45, 7) is 4.45. The Balaban J connectivity index is 1.68. The SMILES string of the molecule is Cc1ccc(CNC(=O)C(C)Sc2nnc(N3CCOCC3)n2CC(F)(F)F)cc1. The summed E-state index contributed by atoms with van der Waals surface area (Å²) >= 11 is 0.961. The quantitative estimate of drug-likeness (QED) is 0.664. The zero-order chi connectivity index (χ0) is 21.7. The molecule has 0 spiro atoms. The van der Waals surface area contributed by atoms with E-state index in [-0.39, 0.29) is 17.0 Å². The summed E-state index contributed by atoms with van der Waals surface area (Å²) in [5.41, 5.74) is 2.06. The van der Waals surface area contributed by atoms with Gasteiger partial charge < -0.3 is 15.0 Å². The number of hydrogen-bond acceptors (Lipinski definition) is 6. The second-order valence-corrected chi connectivity index (χ2v) is 8.35. The van der Waals surface area contributed by atoms with Crippen LogP contribution in [0.4, 0.5) is 19.1 Å². The molecule has 11 heteroatoms. The van der Waals surface area contributed by atoms with Crippen LogP contribution in [0.2, 0.25) is 0 Å². The number of alkyl halides is 3. The van der Waals surface area contributed by atoms with E-state index in [0.717, 1.165) is 27.5 Å². The number of morpholine rings is 1. The molecular weight excluding hydrogens is 419 g/mol. The van der Waals surface area contributed by atoms with Gasteiger partial charge in [-0.05, 0) is 19.4 Å². The van der Waals surface area contributed by atoms with E-state index in [0.29, 0.717) is 32.8 Å². The average Bonchev–Trinajstić information content (AvgIpc) is 3.08. The first kappa shape index (κ1) is 22.4. The molecule has 1 aliphatic rings. The first-order chi connectivity index (χ1) is 14.2. The van der Waals surface area contributed by atoms with Crippen molar-refractivity contribution in [1.82, 2.24) is 20.1 Å². The molecule has 1 unspecified atom stereocenters. The fraction of sp³-hybridized carbons (Fsp3) is 0.526. The Morgan fingerprint density at radius 1 is 1.23 bits per heavy atom. The summed E-state index contributed by atoms with van der Waals surface area (Å²) in [5.74, 6) is -0.138. The minimum Gasteiger partial charge on any atom is -0.378 e. The van der Waals surface area contributed by atoms with E-state index < -0.39 is 18.0 Å². The predicted octanol–water partition coefficient (Wildman–Crippen LogP) is 2.78. The third-order valence-electron chi connectivity index (χ3n) is 4.57. The molecule has 1 aromatic carbocycles. The van der Waals surface area contributed by atoms with E-state index in [1.54, 1.807) is 11.8 Å². The van der Waals surface area contributed by atoms with Crippen LogP contribution in [-0.4, -0.2) is 58.4 Å². The lowest BCUT2D eigenvalue weighted by atomic mass is 10.1. The van der Waals surface area contributed by atoms with Crippen LogP contribution in [-0.2, 0) is 22.6 Å². The van der Waals surface area contributed by atoms with Crippen molar-refractivity contribution in [2.45, 2.75) is 43.5 Å². The Bertz CT molecular complexity index is 851. The van der Waals surface area contributed by atoms with E-state index in [4.69, 9.17) is 4.74 Å². The van der Waals surface area contributed by atoms with Gasteiger partial charge >= 0.3 is 6.18 Å².